The van der Waals surface area contributed by atoms with E-state index in [2.05, 4.69) is 0 Å². The lowest BCUT2D eigenvalue weighted by Crippen LogP contribution is -2.54. The number of ketones is 2. The number of primary amides is 2. The van der Waals surface area contributed by atoms with Crippen LogP contribution in [0.25, 0.3) is 0 Å². The first-order chi connectivity index (χ1) is 23.2. The lowest BCUT2D eigenvalue weighted by molar-refractivity contribution is -0.287. The molecular formula is C30H31N7O12. The third kappa shape index (κ3) is 6.60. The summed E-state index contributed by atoms with van der Waals surface area (Å²) in [5.74, 6) is -8.63. The Hall–Kier alpha value is -5.60. The van der Waals surface area contributed by atoms with E-state index in [4.69, 9.17) is 26.9 Å². The van der Waals surface area contributed by atoms with Crippen molar-refractivity contribution in [2.75, 3.05) is 13.1 Å². The van der Waals surface area contributed by atoms with Crippen LogP contribution in [0.2, 0.25) is 0 Å². The van der Waals surface area contributed by atoms with Crippen molar-refractivity contribution in [2.24, 2.45) is 17.2 Å². The number of benzene rings is 2. The Bertz CT molecular complexity index is 1780. The number of hydrogen-bond acceptors (Lipinski definition) is 15. The standard InChI is InChI=1S/C30H31N7O12/c31-18-13-21(38)16-9-10-17(26(33)41)23(22(16)24(18)39)28(43)37(47)49-30(45)20-8-4-12-35(20)34-11-3-7-19(34)29(44)48-36(46)27(42)15-6-2-1-5-14(15)25(32)40/h1-2,5-6,9-10,18-20,46-47H,3-4,7-8,11-13,31H2,(H2,32,40)(H2,33,41). The molecule has 2 fully saturated rings. The van der Waals surface area contributed by atoms with Crippen molar-refractivity contribution in [3.63, 3.8) is 0 Å². The Labute approximate surface area is 276 Å². The summed E-state index contributed by atoms with van der Waals surface area (Å²) in [5, 5.41) is 23.0. The molecule has 8 N–H and O–H groups in total. The van der Waals surface area contributed by atoms with Crippen molar-refractivity contribution >= 4 is 47.1 Å². The first kappa shape index (κ1) is 34.7. The molecule has 258 valence electrons. The van der Waals surface area contributed by atoms with Gasteiger partial charge >= 0.3 is 23.8 Å². The minimum Gasteiger partial charge on any atom is -0.366 e. The predicted molar refractivity (Wildman–Crippen MR) is 159 cm³/mol. The van der Waals surface area contributed by atoms with Crippen molar-refractivity contribution < 1.29 is 58.4 Å². The van der Waals surface area contributed by atoms with E-state index < -0.39 is 87.2 Å². The van der Waals surface area contributed by atoms with Crippen LogP contribution in [-0.2, 0) is 19.3 Å². The second-order valence-electron chi connectivity index (χ2n) is 11.4. The van der Waals surface area contributed by atoms with Crippen LogP contribution in [0.3, 0.4) is 0 Å². The molecular weight excluding hydrogens is 650 g/mol. The van der Waals surface area contributed by atoms with Gasteiger partial charge in [-0.25, -0.2) is 19.6 Å². The molecule has 2 aromatic carbocycles. The number of carbonyl (C=O) groups is 8. The van der Waals surface area contributed by atoms with Gasteiger partial charge in [-0.3, -0.25) is 39.2 Å². The van der Waals surface area contributed by atoms with Gasteiger partial charge in [0.15, 0.2) is 11.6 Å². The minimum atomic E-state index is -1.55. The first-order valence-corrected chi connectivity index (χ1v) is 14.9. The average Bonchev–Trinajstić information content (AvgIpc) is 3.76. The average molecular weight is 682 g/mol. The zero-order valence-electron chi connectivity index (χ0n) is 25.6. The number of hydrogen-bond donors (Lipinski definition) is 5. The molecule has 3 atom stereocenters. The van der Waals surface area contributed by atoms with Crippen LogP contribution in [0.4, 0.5) is 0 Å². The Morgan fingerprint density at radius 2 is 1.24 bits per heavy atom. The highest BCUT2D eigenvalue weighted by atomic mass is 16.9. The number of Topliss-reactive ketones (excluding diaryl/α,β-unsaturated/α-hetero) is 2. The van der Waals surface area contributed by atoms with Crippen LogP contribution in [0.15, 0.2) is 36.4 Å². The van der Waals surface area contributed by atoms with Gasteiger partial charge < -0.3 is 26.9 Å². The van der Waals surface area contributed by atoms with Gasteiger partial charge in [-0.05, 0) is 60.4 Å². The summed E-state index contributed by atoms with van der Waals surface area (Å²) in [4.78, 5) is 112. The number of carbonyl (C=O) groups excluding carboxylic acids is 8. The summed E-state index contributed by atoms with van der Waals surface area (Å²) in [6, 6.07) is 3.85. The first-order valence-electron chi connectivity index (χ1n) is 14.9. The lowest BCUT2D eigenvalue weighted by atomic mass is 9.81. The molecule has 0 saturated carbocycles. The summed E-state index contributed by atoms with van der Waals surface area (Å²) in [7, 11) is 0. The van der Waals surface area contributed by atoms with Crippen molar-refractivity contribution in [1.82, 2.24) is 20.5 Å². The van der Waals surface area contributed by atoms with Gasteiger partial charge in [0.25, 0.3) is 0 Å². The topological polar surface area (TPSA) is 286 Å². The molecule has 19 heteroatoms. The van der Waals surface area contributed by atoms with Crippen molar-refractivity contribution in [3.05, 3.63) is 69.8 Å². The molecule has 0 spiro atoms. The molecule has 0 radical (unpaired) electrons. The minimum absolute atomic E-state index is 0.142. The van der Waals surface area contributed by atoms with Gasteiger partial charge in [-0.1, -0.05) is 12.1 Å². The number of hydrazine groups is 1. The van der Waals surface area contributed by atoms with E-state index in [-0.39, 0.29) is 54.3 Å². The van der Waals surface area contributed by atoms with Crippen molar-refractivity contribution in [1.29, 1.82) is 0 Å². The van der Waals surface area contributed by atoms with Gasteiger partial charge in [0.2, 0.25) is 11.8 Å². The van der Waals surface area contributed by atoms with Crippen LogP contribution in [0.5, 0.6) is 0 Å². The SMILES string of the molecule is NC(=O)c1ccccc1C(=O)N(O)OC(=O)C1CCCN1N1CCCC1C(=O)ON(O)C(=O)c1c(C(N)=O)ccc2c1C(=O)C(N)CC2=O. The fraction of sp³-hybridized carbons (Fsp3) is 0.333. The highest BCUT2D eigenvalue weighted by Crippen LogP contribution is 2.31. The van der Waals surface area contributed by atoms with Gasteiger partial charge in [-0.15, -0.1) is 0 Å². The van der Waals surface area contributed by atoms with Crippen LogP contribution < -0.4 is 17.2 Å². The summed E-state index contributed by atoms with van der Waals surface area (Å²) < 4.78 is 0. The van der Waals surface area contributed by atoms with Gasteiger partial charge in [0, 0.05) is 30.6 Å². The quantitative estimate of drug-likeness (QED) is 0.175. The Morgan fingerprint density at radius 1 is 0.735 bits per heavy atom. The van der Waals surface area contributed by atoms with Gasteiger partial charge in [-0.2, -0.15) is 0 Å². The second-order valence-corrected chi connectivity index (χ2v) is 11.4. The largest absolute Gasteiger partial charge is 0.366 e. The molecule has 0 aromatic heterocycles. The normalized spacial score (nSPS) is 20.8. The smallest absolute Gasteiger partial charge is 0.353 e. The molecule has 2 saturated heterocycles. The molecule has 5 rings (SSSR count). The zero-order valence-corrected chi connectivity index (χ0v) is 25.6. The number of nitrogens with zero attached hydrogens (tertiary/aromatic N) is 4. The molecule has 2 aromatic rings. The van der Waals surface area contributed by atoms with E-state index in [1.165, 1.54) is 34.3 Å². The fourth-order valence-electron chi connectivity index (χ4n) is 6.16. The summed E-state index contributed by atoms with van der Waals surface area (Å²) in [5.41, 5.74) is 13.8. The Balaban J connectivity index is 1.30. The van der Waals surface area contributed by atoms with E-state index in [0.717, 1.165) is 12.1 Å². The van der Waals surface area contributed by atoms with Crippen LogP contribution >= 0.6 is 0 Å². The maximum Gasteiger partial charge on any atom is 0.353 e. The maximum absolute atomic E-state index is 13.4. The van der Waals surface area contributed by atoms with Gasteiger partial charge in [0.05, 0.1) is 28.3 Å². The molecule has 3 unspecified atom stereocenters. The molecule has 3 aliphatic rings. The molecule has 1 aliphatic carbocycles. The number of hydroxylamine groups is 4. The van der Waals surface area contributed by atoms with Gasteiger partial charge in [0.1, 0.15) is 12.1 Å². The fourth-order valence-corrected chi connectivity index (χ4v) is 6.16. The lowest BCUT2D eigenvalue weighted by Gasteiger charge is -2.35. The summed E-state index contributed by atoms with van der Waals surface area (Å²) in [6.45, 7) is 0.437. The highest BCUT2D eigenvalue weighted by Gasteiger charge is 2.45. The predicted octanol–water partition coefficient (Wildman–Crippen LogP) is -0.896. The monoisotopic (exact) mass is 681 g/mol. The van der Waals surface area contributed by atoms with E-state index in [0.29, 0.717) is 12.8 Å². The third-order valence-corrected chi connectivity index (χ3v) is 8.42. The number of amides is 4. The third-order valence-electron chi connectivity index (χ3n) is 8.42. The zero-order chi connectivity index (χ0) is 35.7. The number of rotatable bonds is 7. The van der Waals surface area contributed by atoms with E-state index in [9.17, 15) is 48.8 Å². The molecule has 2 heterocycles. The summed E-state index contributed by atoms with van der Waals surface area (Å²) >= 11 is 0. The van der Waals surface area contributed by atoms with Crippen molar-refractivity contribution in [3.8, 4) is 0 Å². The molecule has 2 aliphatic heterocycles. The van der Waals surface area contributed by atoms with Crippen molar-refractivity contribution in [2.45, 2.75) is 50.2 Å². The molecule has 49 heavy (non-hydrogen) atoms. The van der Waals surface area contributed by atoms with E-state index in [1.54, 1.807) is 0 Å². The number of nitrogens with two attached hydrogens (primary N) is 3. The summed E-state index contributed by atoms with van der Waals surface area (Å²) in [6.07, 6.45) is 0.800. The van der Waals surface area contributed by atoms with E-state index in [1.807, 2.05) is 0 Å². The van der Waals surface area contributed by atoms with Crippen LogP contribution in [0, 0.1) is 0 Å². The van der Waals surface area contributed by atoms with Crippen LogP contribution in [-0.4, -0.2) is 109 Å². The highest BCUT2D eigenvalue weighted by molar-refractivity contribution is 6.23. The maximum atomic E-state index is 13.4. The molecule has 4 amide bonds. The number of fused-ring (bicyclic) bond motifs is 1. The Kier molecular flexibility index (Phi) is 9.83. The molecule has 0 bridgehead atoms. The molecule has 19 nitrogen and oxygen atoms in total. The van der Waals surface area contributed by atoms with Crippen LogP contribution in [0.1, 0.15) is 94.3 Å². The Morgan fingerprint density at radius 3 is 1.78 bits per heavy atom. The van der Waals surface area contributed by atoms with E-state index >= 15 is 0 Å². The second kappa shape index (κ2) is 13.9.